The van der Waals surface area contributed by atoms with Crippen LogP contribution in [0.4, 0.5) is 5.82 Å². The molecule has 1 fully saturated rings. The van der Waals surface area contributed by atoms with Crippen LogP contribution in [0.2, 0.25) is 5.02 Å². The number of piperazine rings is 1. The van der Waals surface area contributed by atoms with Crippen LogP contribution in [0.5, 0.6) is 0 Å². The first-order valence-electron chi connectivity index (χ1n) is 10.0. The fourth-order valence-electron chi connectivity index (χ4n) is 4.29. The topological polar surface area (TPSA) is 95.6 Å². The second kappa shape index (κ2) is 8.26. The zero-order valence-corrected chi connectivity index (χ0v) is 17.2. The summed E-state index contributed by atoms with van der Waals surface area (Å²) < 4.78 is 0. The van der Waals surface area contributed by atoms with Crippen molar-refractivity contribution >= 4 is 23.3 Å². The number of nitrogens with two attached hydrogens (primary N) is 1. The number of nitrogens with zero attached hydrogens (tertiary/aromatic N) is 4. The number of fused-ring (bicyclic) bond motifs is 1. The molecule has 0 saturated carbocycles. The number of carbonyl (C=O) groups excluding carboxylic acids is 1. The highest BCUT2D eigenvalue weighted by Gasteiger charge is 2.34. The molecule has 2 aromatic rings. The van der Waals surface area contributed by atoms with E-state index in [1.807, 2.05) is 29.2 Å². The number of hydrogen-bond acceptors (Lipinski definition) is 6. The fourth-order valence-corrected chi connectivity index (χ4v) is 4.42. The van der Waals surface area contributed by atoms with E-state index in [0.29, 0.717) is 44.0 Å². The molecule has 3 atom stereocenters. The molecule has 1 aliphatic carbocycles. The van der Waals surface area contributed by atoms with Gasteiger partial charge in [0.1, 0.15) is 12.1 Å². The molecule has 154 valence electrons. The molecule has 3 N–H and O–H groups in total. The Hall–Kier alpha value is -2.22. The third-order valence-corrected chi connectivity index (χ3v) is 6.11. The van der Waals surface area contributed by atoms with Crippen molar-refractivity contribution in [1.29, 1.82) is 0 Å². The summed E-state index contributed by atoms with van der Waals surface area (Å²) >= 11 is 5.91. The Balaban J connectivity index is 1.38. The SMILES string of the molecule is C[C@@H]1C[C@@H](O)c2ncnc(N3CCN(C(=O)[C@H](N)Cc4ccc(Cl)cc4)CC3)c21. The van der Waals surface area contributed by atoms with Gasteiger partial charge in [-0.15, -0.1) is 0 Å². The smallest absolute Gasteiger partial charge is 0.239 e. The van der Waals surface area contributed by atoms with Gasteiger partial charge in [-0.2, -0.15) is 0 Å². The lowest BCUT2D eigenvalue weighted by Gasteiger charge is -2.37. The van der Waals surface area contributed by atoms with Crippen molar-refractivity contribution in [3.63, 3.8) is 0 Å². The van der Waals surface area contributed by atoms with E-state index in [9.17, 15) is 9.90 Å². The molecule has 8 heteroatoms. The second-order valence-electron chi connectivity index (χ2n) is 7.90. The van der Waals surface area contributed by atoms with Gasteiger partial charge in [-0.1, -0.05) is 30.7 Å². The molecule has 2 aliphatic rings. The number of aliphatic hydroxyl groups is 1. The molecular formula is C21H26ClN5O2. The van der Waals surface area contributed by atoms with Crippen molar-refractivity contribution in [3.05, 3.63) is 52.4 Å². The van der Waals surface area contributed by atoms with Crippen LogP contribution in [0, 0.1) is 0 Å². The first kappa shape index (κ1) is 20.1. The lowest BCUT2D eigenvalue weighted by Crippen LogP contribution is -2.54. The summed E-state index contributed by atoms with van der Waals surface area (Å²) in [5.74, 6) is 1.08. The minimum Gasteiger partial charge on any atom is -0.387 e. The quantitative estimate of drug-likeness (QED) is 0.791. The van der Waals surface area contributed by atoms with Gasteiger partial charge in [0.25, 0.3) is 0 Å². The Kier molecular flexibility index (Phi) is 5.72. The van der Waals surface area contributed by atoms with Crippen molar-refractivity contribution < 1.29 is 9.90 Å². The zero-order valence-electron chi connectivity index (χ0n) is 16.5. The molecule has 1 aromatic carbocycles. The number of hydrogen-bond donors (Lipinski definition) is 2. The number of carbonyl (C=O) groups is 1. The van der Waals surface area contributed by atoms with E-state index in [-0.39, 0.29) is 11.8 Å². The van der Waals surface area contributed by atoms with Crippen LogP contribution >= 0.6 is 11.6 Å². The molecule has 1 aromatic heterocycles. The molecule has 0 unspecified atom stereocenters. The maximum absolute atomic E-state index is 12.8. The monoisotopic (exact) mass is 415 g/mol. The number of benzene rings is 1. The predicted octanol–water partition coefficient (Wildman–Crippen LogP) is 1.89. The number of aromatic nitrogens is 2. The van der Waals surface area contributed by atoms with Crippen molar-refractivity contribution in [2.75, 3.05) is 31.1 Å². The maximum Gasteiger partial charge on any atom is 0.239 e. The number of anilines is 1. The summed E-state index contributed by atoms with van der Waals surface area (Å²) in [6.45, 7) is 4.67. The standard InChI is InChI=1S/C21H26ClN5O2/c1-13-10-17(28)19-18(13)20(25-12-24-19)26-6-8-27(9-7-26)21(29)16(23)11-14-2-4-15(22)5-3-14/h2-5,12-13,16-17,28H,6-11,23H2,1H3/t13-,16-,17-/m1/s1. The lowest BCUT2D eigenvalue weighted by atomic mass is 10.0. The second-order valence-corrected chi connectivity index (χ2v) is 8.33. The Bertz CT molecular complexity index is 883. The third kappa shape index (κ3) is 4.08. The van der Waals surface area contributed by atoms with E-state index < -0.39 is 12.1 Å². The lowest BCUT2D eigenvalue weighted by molar-refractivity contribution is -0.132. The molecule has 0 spiro atoms. The molecule has 1 saturated heterocycles. The summed E-state index contributed by atoms with van der Waals surface area (Å²) in [5, 5.41) is 10.9. The summed E-state index contributed by atoms with van der Waals surface area (Å²) in [4.78, 5) is 25.6. The van der Waals surface area contributed by atoms with E-state index in [4.69, 9.17) is 17.3 Å². The van der Waals surface area contributed by atoms with E-state index in [2.05, 4.69) is 21.8 Å². The van der Waals surface area contributed by atoms with Crippen molar-refractivity contribution in [3.8, 4) is 0 Å². The number of rotatable bonds is 4. The van der Waals surface area contributed by atoms with Gasteiger partial charge < -0.3 is 20.6 Å². The van der Waals surface area contributed by atoms with Crippen LogP contribution in [-0.4, -0.2) is 58.1 Å². The first-order valence-corrected chi connectivity index (χ1v) is 10.4. The molecule has 7 nitrogen and oxygen atoms in total. The summed E-state index contributed by atoms with van der Waals surface area (Å²) in [6.07, 6.45) is 2.18. The molecule has 29 heavy (non-hydrogen) atoms. The predicted molar refractivity (Wildman–Crippen MR) is 112 cm³/mol. The average Bonchev–Trinajstić information content (AvgIpc) is 3.03. The fraction of sp³-hybridized carbons (Fsp3) is 0.476. The van der Waals surface area contributed by atoms with Gasteiger partial charge in [0.2, 0.25) is 5.91 Å². The van der Waals surface area contributed by atoms with Gasteiger partial charge in [-0.25, -0.2) is 9.97 Å². The zero-order chi connectivity index (χ0) is 20.5. The van der Waals surface area contributed by atoms with E-state index >= 15 is 0 Å². The van der Waals surface area contributed by atoms with Gasteiger partial charge in [0.15, 0.2) is 0 Å². The third-order valence-electron chi connectivity index (χ3n) is 5.86. The van der Waals surface area contributed by atoms with Crippen LogP contribution in [-0.2, 0) is 11.2 Å². The molecule has 0 radical (unpaired) electrons. The molecule has 1 amide bonds. The summed E-state index contributed by atoms with van der Waals surface area (Å²) in [5.41, 5.74) is 8.97. The van der Waals surface area contributed by atoms with Crippen LogP contribution in [0.25, 0.3) is 0 Å². The highest BCUT2D eigenvalue weighted by atomic mass is 35.5. The Morgan fingerprint density at radius 2 is 1.93 bits per heavy atom. The highest BCUT2D eigenvalue weighted by Crippen LogP contribution is 2.42. The van der Waals surface area contributed by atoms with Crippen molar-refractivity contribution in [1.82, 2.24) is 14.9 Å². The van der Waals surface area contributed by atoms with Gasteiger partial charge in [-0.3, -0.25) is 4.79 Å². The average molecular weight is 416 g/mol. The van der Waals surface area contributed by atoms with Gasteiger partial charge >= 0.3 is 0 Å². The number of halogens is 1. The molecule has 1 aliphatic heterocycles. The van der Waals surface area contributed by atoms with Gasteiger partial charge in [-0.05, 0) is 36.5 Å². The van der Waals surface area contributed by atoms with E-state index in [1.165, 1.54) is 6.33 Å². The number of aliphatic hydroxyl groups excluding tert-OH is 1. The van der Waals surface area contributed by atoms with E-state index in [0.717, 1.165) is 22.6 Å². The van der Waals surface area contributed by atoms with Crippen LogP contribution in [0.3, 0.4) is 0 Å². The minimum atomic E-state index is -0.568. The Morgan fingerprint density at radius 3 is 2.62 bits per heavy atom. The Morgan fingerprint density at radius 1 is 1.24 bits per heavy atom. The normalized spacial score (nSPS) is 22.5. The summed E-state index contributed by atoms with van der Waals surface area (Å²) in [6, 6.07) is 6.86. The van der Waals surface area contributed by atoms with Crippen LogP contribution < -0.4 is 10.6 Å². The van der Waals surface area contributed by atoms with Crippen LogP contribution in [0.1, 0.15) is 42.2 Å². The highest BCUT2D eigenvalue weighted by molar-refractivity contribution is 6.30. The molecular weight excluding hydrogens is 390 g/mol. The van der Waals surface area contributed by atoms with Crippen LogP contribution in [0.15, 0.2) is 30.6 Å². The molecule has 4 rings (SSSR count). The van der Waals surface area contributed by atoms with Gasteiger partial charge in [0.05, 0.1) is 17.8 Å². The Labute approximate surface area is 175 Å². The molecule has 0 bridgehead atoms. The molecule has 2 heterocycles. The first-order chi connectivity index (χ1) is 13.9. The minimum absolute atomic E-state index is 0.0312. The van der Waals surface area contributed by atoms with Crippen molar-refractivity contribution in [2.45, 2.75) is 37.8 Å². The largest absolute Gasteiger partial charge is 0.387 e. The summed E-state index contributed by atoms with van der Waals surface area (Å²) in [7, 11) is 0. The van der Waals surface area contributed by atoms with Gasteiger partial charge in [0, 0.05) is 36.8 Å². The van der Waals surface area contributed by atoms with E-state index in [1.54, 1.807) is 0 Å². The maximum atomic E-state index is 12.8. The number of amides is 1. The van der Waals surface area contributed by atoms with Crippen molar-refractivity contribution in [2.24, 2.45) is 5.73 Å².